The topological polar surface area (TPSA) is 64.3 Å². The zero-order valence-corrected chi connectivity index (χ0v) is 13.7. The highest BCUT2D eigenvalue weighted by Crippen LogP contribution is 2.25. The molecule has 22 heavy (non-hydrogen) atoms. The van der Waals surface area contributed by atoms with Crippen molar-refractivity contribution < 1.29 is 9.53 Å². The largest absolute Gasteiger partial charge is 0.399 e. The molecular weight excluding hydrogens is 276 g/mol. The summed E-state index contributed by atoms with van der Waals surface area (Å²) in [6.45, 7) is 5.93. The zero-order valence-electron chi connectivity index (χ0n) is 13.7. The summed E-state index contributed by atoms with van der Waals surface area (Å²) in [5.41, 5.74) is 7.70. The minimum absolute atomic E-state index is 0.0938. The van der Waals surface area contributed by atoms with Crippen molar-refractivity contribution in [1.82, 2.24) is 5.32 Å². The average molecular weight is 304 g/mol. The van der Waals surface area contributed by atoms with E-state index in [-0.39, 0.29) is 12.0 Å². The maximum atomic E-state index is 12.1. The molecule has 0 radical (unpaired) electrons. The monoisotopic (exact) mass is 304 g/mol. The van der Waals surface area contributed by atoms with Gasteiger partial charge in [0, 0.05) is 31.2 Å². The van der Waals surface area contributed by atoms with Gasteiger partial charge in [-0.05, 0) is 36.8 Å². The van der Waals surface area contributed by atoms with Crippen LogP contribution < -0.4 is 11.1 Å². The first-order chi connectivity index (χ1) is 10.6. The van der Waals surface area contributed by atoms with Crippen LogP contribution in [0.4, 0.5) is 5.69 Å². The molecule has 2 atom stereocenters. The highest BCUT2D eigenvalue weighted by molar-refractivity contribution is 5.76. The number of carbonyl (C=O) groups is 1. The molecule has 122 valence electrons. The average Bonchev–Trinajstić information content (AvgIpc) is 2.52. The van der Waals surface area contributed by atoms with Crippen LogP contribution in [0.15, 0.2) is 24.3 Å². The van der Waals surface area contributed by atoms with Gasteiger partial charge in [-0.25, -0.2) is 0 Å². The second kappa shape index (κ2) is 8.18. The SMILES string of the molecule is CC(C)C1OCCCC1CNC(=O)CCc1ccccc1N. The Morgan fingerprint density at radius 1 is 1.41 bits per heavy atom. The van der Waals surface area contributed by atoms with Crippen molar-refractivity contribution in [2.24, 2.45) is 11.8 Å². The van der Waals surface area contributed by atoms with Crippen molar-refractivity contribution in [1.29, 1.82) is 0 Å². The molecule has 1 aliphatic heterocycles. The van der Waals surface area contributed by atoms with Crippen molar-refractivity contribution in [2.45, 2.75) is 45.6 Å². The summed E-state index contributed by atoms with van der Waals surface area (Å²) in [7, 11) is 0. The third kappa shape index (κ3) is 4.73. The molecule has 1 aromatic carbocycles. The molecule has 1 aromatic rings. The molecule has 4 nitrogen and oxygen atoms in total. The molecular formula is C18H28N2O2. The smallest absolute Gasteiger partial charge is 0.220 e. The molecule has 4 heteroatoms. The van der Waals surface area contributed by atoms with Gasteiger partial charge in [-0.1, -0.05) is 32.0 Å². The number of carbonyl (C=O) groups excluding carboxylic acids is 1. The molecule has 2 unspecified atom stereocenters. The van der Waals surface area contributed by atoms with Crippen molar-refractivity contribution >= 4 is 11.6 Å². The predicted molar refractivity (Wildman–Crippen MR) is 89.5 cm³/mol. The van der Waals surface area contributed by atoms with Gasteiger partial charge in [0.1, 0.15) is 0 Å². The van der Waals surface area contributed by atoms with Gasteiger partial charge in [0.2, 0.25) is 5.91 Å². The minimum atomic E-state index is 0.0938. The Morgan fingerprint density at radius 3 is 2.91 bits per heavy atom. The van der Waals surface area contributed by atoms with E-state index in [0.717, 1.165) is 30.7 Å². The quantitative estimate of drug-likeness (QED) is 0.794. The summed E-state index contributed by atoms with van der Waals surface area (Å²) in [6, 6.07) is 7.72. The van der Waals surface area contributed by atoms with E-state index in [0.29, 0.717) is 31.2 Å². The Morgan fingerprint density at radius 2 is 2.18 bits per heavy atom. The van der Waals surface area contributed by atoms with Crippen LogP contribution in [-0.2, 0) is 16.0 Å². The maximum absolute atomic E-state index is 12.1. The van der Waals surface area contributed by atoms with Crippen LogP contribution in [0.1, 0.15) is 38.7 Å². The summed E-state index contributed by atoms with van der Waals surface area (Å²) < 4.78 is 5.86. The first-order valence-electron chi connectivity index (χ1n) is 8.29. The van der Waals surface area contributed by atoms with Gasteiger partial charge in [-0.3, -0.25) is 4.79 Å². The lowest BCUT2D eigenvalue weighted by Gasteiger charge is -2.34. The van der Waals surface area contributed by atoms with Gasteiger partial charge in [0.25, 0.3) is 0 Å². The van der Waals surface area contributed by atoms with Gasteiger partial charge in [0.15, 0.2) is 0 Å². The number of benzene rings is 1. The lowest BCUT2D eigenvalue weighted by Crippen LogP contribution is -2.41. The van der Waals surface area contributed by atoms with E-state index in [9.17, 15) is 4.79 Å². The summed E-state index contributed by atoms with van der Waals surface area (Å²) in [5.74, 6) is 1.02. The number of nitrogens with two attached hydrogens (primary N) is 1. The summed E-state index contributed by atoms with van der Waals surface area (Å²) >= 11 is 0. The number of nitrogen functional groups attached to an aromatic ring is 1. The van der Waals surface area contributed by atoms with Crippen LogP contribution in [0.5, 0.6) is 0 Å². The zero-order chi connectivity index (χ0) is 15.9. The number of hydrogen-bond donors (Lipinski definition) is 2. The molecule has 1 amide bonds. The van der Waals surface area contributed by atoms with E-state index in [4.69, 9.17) is 10.5 Å². The molecule has 3 N–H and O–H groups in total. The standard InChI is InChI=1S/C18H28N2O2/c1-13(2)18-15(7-5-11-22-18)12-20-17(21)10-9-14-6-3-4-8-16(14)19/h3-4,6,8,13,15,18H,5,7,9-12,19H2,1-2H3,(H,20,21). The summed E-state index contributed by atoms with van der Waals surface area (Å²) in [4.78, 5) is 12.1. The Bertz CT molecular complexity index is 488. The number of nitrogens with one attached hydrogen (secondary N) is 1. The molecule has 2 rings (SSSR count). The number of anilines is 1. The fourth-order valence-corrected chi connectivity index (χ4v) is 3.16. The van der Waals surface area contributed by atoms with Crippen molar-refractivity contribution in [3.63, 3.8) is 0 Å². The second-order valence-electron chi connectivity index (χ2n) is 6.48. The molecule has 0 spiro atoms. The molecule has 0 bridgehead atoms. The van der Waals surface area contributed by atoms with Crippen LogP contribution in [0.25, 0.3) is 0 Å². The molecule has 0 aliphatic carbocycles. The van der Waals surface area contributed by atoms with E-state index >= 15 is 0 Å². The third-order valence-electron chi connectivity index (χ3n) is 4.39. The van der Waals surface area contributed by atoms with E-state index in [1.165, 1.54) is 0 Å². The van der Waals surface area contributed by atoms with Crippen LogP contribution in [0.2, 0.25) is 0 Å². The minimum Gasteiger partial charge on any atom is -0.399 e. The summed E-state index contributed by atoms with van der Waals surface area (Å²) in [6.07, 6.45) is 3.65. The van der Waals surface area contributed by atoms with Crippen LogP contribution in [-0.4, -0.2) is 25.2 Å². The highest BCUT2D eigenvalue weighted by atomic mass is 16.5. The molecule has 0 aromatic heterocycles. The summed E-state index contributed by atoms with van der Waals surface area (Å²) in [5, 5.41) is 3.07. The number of ether oxygens (including phenoxy) is 1. The molecule has 1 fully saturated rings. The van der Waals surface area contributed by atoms with E-state index in [1.54, 1.807) is 0 Å². The van der Waals surface area contributed by atoms with Gasteiger partial charge in [-0.2, -0.15) is 0 Å². The fraction of sp³-hybridized carbons (Fsp3) is 0.611. The normalized spacial score (nSPS) is 21.8. The highest BCUT2D eigenvalue weighted by Gasteiger charge is 2.28. The van der Waals surface area contributed by atoms with E-state index in [2.05, 4.69) is 19.2 Å². The molecule has 1 saturated heterocycles. The first kappa shape index (κ1) is 16.8. The van der Waals surface area contributed by atoms with Crippen LogP contribution >= 0.6 is 0 Å². The van der Waals surface area contributed by atoms with Gasteiger partial charge in [0.05, 0.1) is 6.10 Å². The Hall–Kier alpha value is -1.55. The Balaban J connectivity index is 1.76. The number of amides is 1. The van der Waals surface area contributed by atoms with E-state index < -0.39 is 0 Å². The van der Waals surface area contributed by atoms with Gasteiger partial charge >= 0.3 is 0 Å². The predicted octanol–water partition coefficient (Wildman–Crippen LogP) is 2.77. The number of para-hydroxylation sites is 1. The molecule has 0 saturated carbocycles. The number of rotatable bonds is 6. The van der Waals surface area contributed by atoms with Crippen LogP contribution in [0.3, 0.4) is 0 Å². The lowest BCUT2D eigenvalue weighted by atomic mass is 9.87. The Labute approximate surface area is 133 Å². The molecule has 1 heterocycles. The van der Waals surface area contributed by atoms with Gasteiger partial charge in [-0.15, -0.1) is 0 Å². The van der Waals surface area contributed by atoms with Crippen LogP contribution in [0, 0.1) is 11.8 Å². The van der Waals surface area contributed by atoms with Crippen molar-refractivity contribution in [3.8, 4) is 0 Å². The molecule has 1 aliphatic rings. The van der Waals surface area contributed by atoms with Gasteiger partial charge < -0.3 is 15.8 Å². The fourth-order valence-electron chi connectivity index (χ4n) is 3.16. The van der Waals surface area contributed by atoms with E-state index in [1.807, 2.05) is 24.3 Å². The number of aryl methyl sites for hydroxylation is 1. The third-order valence-corrected chi connectivity index (χ3v) is 4.39. The number of hydrogen-bond acceptors (Lipinski definition) is 3. The first-order valence-corrected chi connectivity index (χ1v) is 8.29. The van der Waals surface area contributed by atoms with Crippen molar-refractivity contribution in [2.75, 3.05) is 18.9 Å². The maximum Gasteiger partial charge on any atom is 0.220 e. The lowest BCUT2D eigenvalue weighted by molar-refractivity contribution is -0.122. The Kier molecular flexibility index (Phi) is 6.25. The second-order valence-corrected chi connectivity index (χ2v) is 6.48. The van der Waals surface area contributed by atoms with Crippen molar-refractivity contribution in [3.05, 3.63) is 29.8 Å².